The Kier molecular flexibility index (Phi) is 2.99. The highest BCUT2D eigenvalue weighted by molar-refractivity contribution is 7.89. The molecule has 2 aliphatic rings. The Bertz CT molecular complexity index is 478. The summed E-state index contributed by atoms with van der Waals surface area (Å²) in [6, 6.07) is 8.24. The number of hydrogen-bond acceptors (Lipinski definition) is 3. The Morgan fingerprint density at radius 1 is 1.24 bits per heavy atom. The average molecular weight is 249 g/mol. The molecule has 2 heterocycles. The maximum Gasteiger partial charge on any atom is 0.105 e. The van der Waals surface area contributed by atoms with Crippen LogP contribution < -0.4 is 5.32 Å². The van der Waals surface area contributed by atoms with Gasteiger partial charge in [0.05, 0.1) is 4.90 Å². The lowest BCUT2D eigenvalue weighted by molar-refractivity contribution is 0.0810. The minimum Gasteiger partial charge on any atom is -0.381 e. The quantitative estimate of drug-likeness (QED) is 0.869. The second kappa shape index (κ2) is 4.63. The molecule has 1 fully saturated rings. The zero-order chi connectivity index (χ0) is 11.7. The van der Waals surface area contributed by atoms with Crippen LogP contribution in [0.4, 0.5) is 0 Å². The first-order valence-electron chi connectivity index (χ1n) is 5.91. The van der Waals surface area contributed by atoms with Crippen molar-refractivity contribution in [2.45, 2.75) is 23.8 Å². The zero-order valence-corrected chi connectivity index (χ0v) is 10.3. The molecule has 0 radical (unpaired) electrons. The molecule has 1 aromatic carbocycles. The lowest BCUT2D eigenvalue weighted by atomic mass is 10.1. The summed E-state index contributed by atoms with van der Waals surface area (Å²) >= 11 is 0. The standard InChI is InChI=1S/C13H15NO2S/c15-17-12-4-2-1-3-10(12)9-13(17)14-11-5-7-16-8-6-11/h1-4,9,11,14H,5-8H2. The maximum absolute atomic E-state index is 12.2. The summed E-state index contributed by atoms with van der Waals surface area (Å²) in [6.07, 6.45) is 3.98. The van der Waals surface area contributed by atoms with Gasteiger partial charge in [0.15, 0.2) is 0 Å². The SMILES string of the molecule is O=S1C(NC2CCOCC2)=Cc2ccccc21. The van der Waals surface area contributed by atoms with Gasteiger partial charge in [-0.1, -0.05) is 18.2 Å². The molecular weight excluding hydrogens is 234 g/mol. The number of rotatable bonds is 2. The molecule has 1 atom stereocenters. The van der Waals surface area contributed by atoms with Crippen molar-refractivity contribution in [3.8, 4) is 0 Å². The van der Waals surface area contributed by atoms with Gasteiger partial charge in [-0.05, 0) is 30.5 Å². The van der Waals surface area contributed by atoms with E-state index in [1.165, 1.54) is 0 Å². The van der Waals surface area contributed by atoms with E-state index in [0.29, 0.717) is 6.04 Å². The fourth-order valence-corrected chi connectivity index (χ4v) is 3.51. The van der Waals surface area contributed by atoms with E-state index in [1.54, 1.807) is 0 Å². The Balaban J connectivity index is 1.76. The predicted molar refractivity (Wildman–Crippen MR) is 67.8 cm³/mol. The largest absolute Gasteiger partial charge is 0.381 e. The predicted octanol–water partition coefficient (Wildman–Crippen LogP) is 1.87. The van der Waals surface area contributed by atoms with Crippen LogP contribution in [-0.4, -0.2) is 23.5 Å². The molecule has 3 nitrogen and oxygen atoms in total. The zero-order valence-electron chi connectivity index (χ0n) is 9.52. The minimum absolute atomic E-state index is 0.397. The van der Waals surface area contributed by atoms with Gasteiger partial charge in [-0.25, -0.2) is 4.21 Å². The molecule has 90 valence electrons. The van der Waals surface area contributed by atoms with E-state index in [0.717, 1.165) is 41.5 Å². The third-order valence-electron chi connectivity index (χ3n) is 3.17. The lowest BCUT2D eigenvalue weighted by Crippen LogP contribution is -2.34. The second-order valence-electron chi connectivity index (χ2n) is 4.35. The lowest BCUT2D eigenvalue weighted by Gasteiger charge is -2.24. The molecule has 0 bridgehead atoms. The normalized spacial score (nSPS) is 24.2. The fraction of sp³-hybridized carbons (Fsp3) is 0.385. The third kappa shape index (κ3) is 2.15. The molecule has 1 saturated heterocycles. The van der Waals surface area contributed by atoms with Crippen molar-refractivity contribution in [2.24, 2.45) is 0 Å². The van der Waals surface area contributed by atoms with Gasteiger partial charge in [0.1, 0.15) is 15.8 Å². The van der Waals surface area contributed by atoms with Crippen molar-refractivity contribution >= 4 is 16.9 Å². The summed E-state index contributed by atoms with van der Waals surface area (Å²) in [6.45, 7) is 1.59. The number of benzene rings is 1. The molecule has 2 aliphatic heterocycles. The number of nitrogens with one attached hydrogen (secondary N) is 1. The van der Waals surface area contributed by atoms with E-state index in [1.807, 2.05) is 30.3 Å². The van der Waals surface area contributed by atoms with Crippen LogP contribution in [-0.2, 0) is 15.5 Å². The number of hydrogen-bond donors (Lipinski definition) is 1. The van der Waals surface area contributed by atoms with Crippen LogP contribution in [0.1, 0.15) is 18.4 Å². The van der Waals surface area contributed by atoms with Gasteiger partial charge < -0.3 is 10.1 Å². The Hall–Kier alpha value is -1.13. The van der Waals surface area contributed by atoms with Crippen LogP contribution in [0.25, 0.3) is 6.08 Å². The molecule has 1 unspecified atom stereocenters. The van der Waals surface area contributed by atoms with Crippen molar-refractivity contribution in [1.29, 1.82) is 0 Å². The van der Waals surface area contributed by atoms with Gasteiger partial charge in [0.25, 0.3) is 0 Å². The molecule has 0 aliphatic carbocycles. The minimum atomic E-state index is -1.03. The van der Waals surface area contributed by atoms with Crippen molar-refractivity contribution < 1.29 is 8.95 Å². The summed E-state index contributed by atoms with van der Waals surface area (Å²) in [7, 11) is -1.03. The molecule has 4 heteroatoms. The van der Waals surface area contributed by atoms with Gasteiger partial charge in [-0.3, -0.25) is 0 Å². The monoisotopic (exact) mass is 249 g/mol. The summed E-state index contributed by atoms with van der Waals surface area (Å²) in [5.41, 5.74) is 1.07. The van der Waals surface area contributed by atoms with E-state index >= 15 is 0 Å². The van der Waals surface area contributed by atoms with Gasteiger partial charge in [-0.2, -0.15) is 0 Å². The van der Waals surface area contributed by atoms with E-state index in [2.05, 4.69) is 5.32 Å². The molecule has 0 aromatic heterocycles. The molecule has 1 aromatic rings. The molecule has 0 amide bonds. The summed E-state index contributed by atoms with van der Waals surface area (Å²) in [5, 5.41) is 4.24. The Labute approximate surface area is 103 Å². The maximum atomic E-state index is 12.2. The third-order valence-corrected chi connectivity index (χ3v) is 4.58. The topological polar surface area (TPSA) is 38.3 Å². The van der Waals surface area contributed by atoms with Crippen molar-refractivity contribution in [3.63, 3.8) is 0 Å². The molecule has 0 spiro atoms. The van der Waals surface area contributed by atoms with Gasteiger partial charge >= 0.3 is 0 Å². The van der Waals surface area contributed by atoms with E-state index in [4.69, 9.17) is 4.74 Å². The van der Waals surface area contributed by atoms with Crippen LogP contribution in [0.15, 0.2) is 34.2 Å². The van der Waals surface area contributed by atoms with Crippen molar-refractivity contribution in [2.75, 3.05) is 13.2 Å². The van der Waals surface area contributed by atoms with Crippen LogP contribution in [0.3, 0.4) is 0 Å². The highest BCUT2D eigenvalue weighted by Crippen LogP contribution is 2.28. The van der Waals surface area contributed by atoms with Crippen LogP contribution in [0.2, 0.25) is 0 Å². The highest BCUT2D eigenvalue weighted by atomic mass is 32.2. The van der Waals surface area contributed by atoms with Crippen LogP contribution in [0, 0.1) is 0 Å². The van der Waals surface area contributed by atoms with E-state index < -0.39 is 10.8 Å². The van der Waals surface area contributed by atoms with Gasteiger partial charge in [-0.15, -0.1) is 0 Å². The van der Waals surface area contributed by atoms with Gasteiger partial charge in [0.2, 0.25) is 0 Å². The van der Waals surface area contributed by atoms with Crippen molar-refractivity contribution in [3.05, 3.63) is 34.9 Å². The van der Waals surface area contributed by atoms with E-state index in [9.17, 15) is 4.21 Å². The second-order valence-corrected chi connectivity index (χ2v) is 5.76. The molecule has 17 heavy (non-hydrogen) atoms. The summed E-state index contributed by atoms with van der Waals surface area (Å²) in [4.78, 5) is 0.919. The average Bonchev–Trinajstić information content (AvgIpc) is 2.68. The molecular formula is C13H15NO2S. The first-order valence-corrected chi connectivity index (χ1v) is 7.06. The van der Waals surface area contributed by atoms with Crippen LogP contribution in [0.5, 0.6) is 0 Å². The fourth-order valence-electron chi connectivity index (χ4n) is 2.22. The number of ether oxygens (including phenoxy) is 1. The molecule has 0 saturated carbocycles. The first-order chi connectivity index (χ1) is 8.34. The van der Waals surface area contributed by atoms with E-state index in [-0.39, 0.29) is 0 Å². The van der Waals surface area contributed by atoms with Gasteiger partial charge in [0, 0.05) is 19.3 Å². The molecule has 1 N–H and O–H groups in total. The smallest absolute Gasteiger partial charge is 0.105 e. The summed E-state index contributed by atoms with van der Waals surface area (Å²) < 4.78 is 17.5. The Morgan fingerprint density at radius 3 is 2.76 bits per heavy atom. The number of fused-ring (bicyclic) bond motifs is 1. The van der Waals surface area contributed by atoms with Crippen LogP contribution >= 0.6 is 0 Å². The van der Waals surface area contributed by atoms with Crippen molar-refractivity contribution in [1.82, 2.24) is 5.32 Å². The highest BCUT2D eigenvalue weighted by Gasteiger charge is 2.23. The first kappa shape index (κ1) is 11.0. The molecule has 3 rings (SSSR count). The Morgan fingerprint density at radius 2 is 2.00 bits per heavy atom. The summed E-state index contributed by atoms with van der Waals surface area (Å²) in [5.74, 6) is 0.